The molecule has 7 nitrogen and oxygen atoms in total. The molecule has 0 atom stereocenters. The number of tetrazole rings is 1. The van der Waals surface area contributed by atoms with Gasteiger partial charge in [-0.15, -0.1) is 5.10 Å². The number of benzene rings is 1. The predicted molar refractivity (Wildman–Crippen MR) is 107 cm³/mol. The van der Waals surface area contributed by atoms with Crippen molar-refractivity contribution in [3.63, 3.8) is 0 Å². The zero-order valence-electron chi connectivity index (χ0n) is 15.4. The SMILES string of the molecule is CN1CCCN(c2cccc(-c3cccc(C=Cc4nnn[nH]4)c3)n2)CC1. The van der Waals surface area contributed by atoms with E-state index in [0.29, 0.717) is 5.82 Å². The molecule has 1 fully saturated rings. The lowest BCUT2D eigenvalue weighted by Gasteiger charge is -2.22. The molecule has 1 N–H and O–H groups in total. The second-order valence-electron chi connectivity index (χ2n) is 6.77. The normalized spacial score (nSPS) is 16.0. The maximum Gasteiger partial charge on any atom is 0.172 e. The summed E-state index contributed by atoms with van der Waals surface area (Å²) in [5.74, 6) is 1.68. The van der Waals surface area contributed by atoms with E-state index in [-0.39, 0.29) is 0 Å². The number of rotatable bonds is 4. The van der Waals surface area contributed by atoms with Crippen molar-refractivity contribution in [2.45, 2.75) is 6.42 Å². The lowest BCUT2D eigenvalue weighted by Crippen LogP contribution is -2.29. The maximum atomic E-state index is 4.93. The zero-order valence-corrected chi connectivity index (χ0v) is 15.4. The standard InChI is InChI=1S/C20H23N7/c1-26-11-4-12-27(14-13-26)20-8-3-7-18(21-20)17-6-2-5-16(15-17)9-10-19-22-24-25-23-19/h2-3,5-10,15H,4,11-14H2,1H3,(H,22,23,24,25). The molecule has 1 aromatic carbocycles. The number of nitrogens with zero attached hydrogens (tertiary/aromatic N) is 6. The van der Waals surface area contributed by atoms with Crippen LogP contribution in [0.3, 0.4) is 0 Å². The summed E-state index contributed by atoms with van der Waals surface area (Å²) < 4.78 is 0. The van der Waals surface area contributed by atoms with Crippen molar-refractivity contribution >= 4 is 18.0 Å². The minimum absolute atomic E-state index is 0.631. The Morgan fingerprint density at radius 2 is 1.93 bits per heavy atom. The number of hydrogen-bond donors (Lipinski definition) is 1. The Morgan fingerprint density at radius 1 is 1.00 bits per heavy atom. The number of hydrogen-bond acceptors (Lipinski definition) is 6. The van der Waals surface area contributed by atoms with Gasteiger partial charge >= 0.3 is 0 Å². The molecule has 138 valence electrons. The van der Waals surface area contributed by atoms with Gasteiger partial charge < -0.3 is 9.80 Å². The molecule has 0 unspecified atom stereocenters. The summed E-state index contributed by atoms with van der Waals surface area (Å²) in [6, 6.07) is 14.6. The third-order valence-corrected chi connectivity index (χ3v) is 4.76. The molecule has 1 aliphatic heterocycles. The third-order valence-electron chi connectivity index (χ3n) is 4.76. The fraction of sp³-hybridized carbons (Fsp3) is 0.300. The van der Waals surface area contributed by atoms with Crippen molar-refractivity contribution in [2.24, 2.45) is 0 Å². The molecule has 0 saturated carbocycles. The van der Waals surface area contributed by atoms with Gasteiger partial charge in [0.1, 0.15) is 5.82 Å². The van der Waals surface area contributed by atoms with Crippen LogP contribution in [0.2, 0.25) is 0 Å². The average molecular weight is 361 g/mol. The number of anilines is 1. The molecule has 1 saturated heterocycles. The van der Waals surface area contributed by atoms with Gasteiger partial charge in [-0.1, -0.05) is 30.3 Å². The van der Waals surface area contributed by atoms with E-state index in [4.69, 9.17) is 4.98 Å². The number of aromatic amines is 1. The molecule has 0 amide bonds. The Morgan fingerprint density at radius 3 is 2.81 bits per heavy atom. The van der Waals surface area contributed by atoms with Crippen LogP contribution in [0.1, 0.15) is 17.8 Å². The van der Waals surface area contributed by atoms with Gasteiger partial charge in [-0.3, -0.25) is 0 Å². The first kappa shape index (κ1) is 17.4. The molecule has 2 aromatic heterocycles. The number of likely N-dealkylation sites (N-methyl/N-ethyl adjacent to an activating group) is 1. The molecule has 27 heavy (non-hydrogen) atoms. The Hall–Kier alpha value is -3.06. The highest BCUT2D eigenvalue weighted by molar-refractivity contribution is 5.71. The highest BCUT2D eigenvalue weighted by Gasteiger charge is 2.14. The van der Waals surface area contributed by atoms with E-state index in [2.05, 4.69) is 73.9 Å². The van der Waals surface area contributed by atoms with Crippen molar-refractivity contribution < 1.29 is 0 Å². The maximum absolute atomic E-state index is 4.93. The van der Waals surface area contributed by atoms with Crippen molar-refractivity contribution in [3.05, 3.63) is 53.9 Å². The summed E-state index contributed by atoms with van der Waals surface area (Å²) in [4.78, 5) is 9.69. The summed E-state index contributed by atoms with van der Waals surface area (Å²) in [6.07, 6.45) is 5.01. The predicted octanol–water partition coefficient (Wildman–Crippen LogP) is 2.57. The van der Waals surface area contributed by atoms with Crippen LogP contribution in [-0.2, 0) is 0 Å². The number of H-pyrrole nitrogens is 1. The van der Waals surface area contributed by atoms with Crippen LogP contribution in [0.25, 0.3) is 23.4 Å². The Balaban J connectivity index is 1.56. The van der Waals surface area contributed by atoms with Crippen LogP contribution in [0.15, 0.2) is 42.5 Å². The summed E-state index contributed by atoms with van der Waals surface area (Å²) in [6.45, 7) is 4.28. The molecule has 0 aliphatic carbocycles. The summed E-state index contributed by atoms with van der Waals surface area (Å²) in [5.41, 5.74) is 3.16. The molecular weight excluding hydrogens is 338 g/mol. The highest BCUT2D eigenvalue weighted by Crippen LogP contribution is 2.23. The molecule has 3 heterocycles. The molecule has 0 bridgehead atoms. The van der Waals surface area contributed by atoms with Crippen LogP contribution >= 0.6 is 0 Å². The van der Waals surface area contributed by atoms with Gasteiger partial charge in [0.05, 0.1) is 5.69 Å². The fourth-order valence-corrected chi connectivity index (χ4v) is 3.25. The van der Waals surface area contributed by atoms with Gasteiger partial charge in [0, 0.05) is 25.2 Å². The molecule has 0 radical (unpaired) electrons. The van der Waals surface area contributed by atoms with Crippen molar-refractivity contribution in [1.29, 1.82) is 0 Å². The fourth-order valence-electron chi connectivity index (χ4n) is 3.25. The van der Waals surface area contributed by atoms with Crippen LogP contribution < -0.4 is 4.90 Å². The first-order valence-corrected chi connectivity index (χ1v) is 9.21. The first-order valence-electron chi connectivity index (χ1n) is 9.21. The lowest BCUT2D eigenvalue weighted by atomic mass is 10.1. The van der Waals surface area contributed by atoms with Crippen LogP contribution in [0, 0.1) is 0 Å². The summed E-state index contributed by atoms with van der Waals surface area (Å²) in [7, 11) is 2.18. The van der Waals surface area contributed by atoms with Gasteiger partial charge in [-0.05, 0) is 60.3 Å². The molecular formula is C20H23N7. The van der Waals surface area contributed by atoms with Crippen LogP contribution in [0.4, 0.5) is 5.82 Å². The smallest absolute Gasteiger partial charge is 0.172 e. The second kappa shape index (κ2) is 8.09. The van der Waals surface area contributed by atoms with E-state index < -0.39 is 0 Å². The molecule has 3 aromatic rings. The Bertz CT molecular complexity index is 904. The van der Waals surface area contributed by atoms with Crippen molar-refractivity contribution in [2.75, 3.05) is 38.1 Å². The molecule has 4 rings (SSSR count). The average Bonchev–Trinajstić information content (AvgIpc) is 3.14. The monoisotopic (exact) mass is 361 g/mol. The van der Waals surface area contributed by atoms with Crippen LogP contribution in [0.5, 0.6) is 0 Å². The molecule has 0 spiro atoms. The van der Waals surface area contributed by atoms with Crippen molar-refractivity contribution in [3.8, 4) is 11.3 Å². The van der Waals surface area contributed by atoms with E-state index in [0.717, 1.165) is 48.8 Å². The molecule has 7 heteroatoms. The van der Waals surface area contributed by atoms with E-state index in [9.17, 15) is 0 Å². The zero-order chi connectivity index (χ0) is 18.5. The highest BCUT2D eigenvalue weighted by atomic mass is 15.5. The Kier molecular flexibility index (Phi) is 5.20. The first-order chi connectivity index (χ1) is 13.3. The largest absolute Gasteiger partial charge is 0.355 e. The van der Waals surface area contributed by atoms with Crippen LogP contribution in [-0.4, -0.2) is 63.7 Å². The Labute approximate surface area is 158 Å². The summed E-state index contributed by atoms with van der Waals surface area (Å²) >= 11 is 0. The number of aromatic nitrogens is 5. The van der Waals surface area contributed by atoms with E-state index in [1.54, 1.807) is 0 Å². The minimum Gasteiger partial charge on any atom is -0.355 e. The van der Waals surface area contributed by atoms with Crippen molar-refractivity contribution in [1.82, 2.24) is 30.5 Å². The summed E-state index contributed by atoms with van der Waals surface area (Å²) in [5, 5.41) is 13.7. The molecule has 1 aliphatic rings. The van der Waals surface area contributed by atoms with Gasteiger partial charge in [0.15, 0.2) is 5.82 Å². The van der Waals surface area contributed by atoms with E-state index >= 15 is 0 Å². The van der Waals surface area contributed by atoms with Gasteiger partial charge in [-0.2, -0.15) is 0 Å². The van der Waals surface area contributed by atoms with E-state index in [1.165, 1.54) is 6.42 Å². The van der Waals surface area contributed by atoms with Gasteiger partial charge in [0.25, 0.3) is 0 Å². The van der Waals surface area contributed by atoms with E-state index in [1.807, 2.05) is 18.2 Å². The quantitative estimate of drug-likeness (QED) is 0.770. The topological polar surface area (TPSA) is 73.8 Å². The van der Waals surface area contributed by atoms with Gasteiger partial charge in [0.2, 0.25) is 0 Å². The lowest BCUT2D eigenvalue weighted by molar-refractivity contribution is 0.360. The number of pyridine rings is 1. The minimum atomic E-state index is 0.631. The number of nitrogens with one attached hydrogen (secondary N) is 1. The second-order valence-corrected chi connectivity index (χ2v) is 6.77. The third kappa shape index (κ3) is 4.38. The van der Waals surface area contributed by atoms with Gasteiger partial charge in [-0.25, -0.2) is 10.1 Å².